The Kier molecular flexibility index (Phi) is 7.02. The summed E-state index contributed by atoms with van der Waals surface area (Å²) in [5.41, 5.74) is 2.26. The molecule has 0 spiro atoms. The number of aryl methyl sites for hydroxylation is 2. The van der Waals surface area contributed by atoms with Crippen LogP contribution in [0.4, 0.5) is 0 Å². The first-order valence-corrected chi connectivity index (χ1v) is 14.6. The average molecular weight is 496 g/mol. The van der Waals surface area contributed by atoms with Crippen LogP contribution in [0.2, 0.25) is 0 Å². The van der Waals surface area contributed by atoms with Crippen molar-refractivity contribution in [3.63, 3.8) is 0 Å². The number of hydrogen-bond donors (Lipinski definition) is 0. The summed E-state index contributed by atoms with van der Waals surface area (Å²) >= 11 is 4.48. The van der Waals surface area contributed by atoms with Gasteiger partial charge in [0, 0.05) is 25.4 Å². The van der Waals surface area contributed by atoms with E-state index in [4.69, 9.17) is 0 Å². The predicted molar refractivity (Wildman–Crippen MR) is 129 cm³/mol. The van der Waals surface area contributed by atoms with Crippen LogP contribution in [0.1, 0.15) is 18.4 Å². The van der Waals surface area contributed by atoms with Gasteiger partial charge >= 0.3 is 0 Å². The van der Waals surface area contributed by atoms with Crippen LogP contribution in [-0.4, -0.2) is 48.3 Å². The Balaban J connectivity index is 1.63. The molecule has 166 valence electrons. The summed E-state index contributed by atoms with van der Waals surface area (Å²) in [7, 11) is -3.55. The summed E-state index contributed by atoms with van der Waals surface area (Å²) in [5.74, 6) is 0.286. The molecule has 1 aromatic carbocycles. The number of thioether (sulfide) groups is 1. The maximum Gasteiger partial charge on any atom is 0.252 e. The van der Waals surface area contributed by atoms with E-state index < -0.39 is 15.9 Å². The van der Waals surface area contributed by atoms with E-state index in [1.165, 1.54) is 32.5 Å². The second-order valence-electron chi connectivity index (χ2n) is 7.58. The molecule has 1 aliphatic rings. The summed E-state index contributed by atoms with van der Waals surface area (Å²) in [6, 6.07) is 9.63. The Bertz CT molecular complexity index is 1240. The lowest BCUT2D eigenvalue weighted by Gasteiger charge is -2.29. The van der Waals surface area contributed by atoms with Crippen molar-refractivity contribution in [3.8, 4) is 0 Å². The van der Waals surface area contributed by atoms with E-state index in [2.05, 4.69) is 40.9 Å². The third-order valence-electron chi connectivity index (χ3n) is 5.39. The molecule has 3 aromatic rings. The molecular weight excluding hydrogens is 471 g/mol. The van der Waals surface area contributed by atoms with Crippen LogP contribution < -0.4 is 4.80 Å². The minimum atomic E-state index is -3.55. The minimum Gasteiger partial charge on any atom is -0.316 e. The molecule has 3 heterocycles. The van der Waals surface area contributed by atoms with E-state index in [0.29, 0.717) is 28.4 Å². The second kappa shape index (κ2) is 9.58. The van der Waals surface area contributed by atoms with Gasteiger partial charge in [-0.2, -0.15) is 21.1 Å². The van der Waals surface area contributed by atoms with Crippen molar-refractivity contribution >= 4 is 60.6 Å². The van der Waals surface area contributed by atoms with Gasteiger partial charge in [-0.3, -0.25) is 4.79 Å². The number of carbonyl (C=O) groups excluding carboxylic acids is 1. The number of aromatic nitrogens is 1. The van der Waals surface area contributed by atoms with Gasteiger partial charge in [-0.05, 0) is 55.2 Å². The van der Waals surface area contributed by atoms with Crippen molar-refractivity contribution in [3.05, 3.63) is 46.1 Å². The van der Waals surface area contributed by atoms with E-state index in [1.54, 1.807) is 29.3 Å². The van der Waals surface area contributed by atoms with E-state index >= 15 is 0 Å². The summed E-state index contributed by atoms with van der Waals surface area (Å²) in [6.07, 6.45) is 3.38. The maximum absolute atomic E-state index is 13.1. The van der Waals surface area contributed by atoms with Crippen LogP contribution >= 0.6 is 34.4 Å². The van der Waals surface area contributed by atoms with Crippen LogP contribution in [0.3, 0.4) is 0 Å². The number of nitrogens with zero attached hydrogens (tertiary/aromatic N) is 3. The van der Waals surface area contributed by atoms with E-state index in [1.807, 2.05) is 0 Å². The first-order valence-electron chi connectivity index (χ1n) is 10.1. The highest BCUT2D eigenvalue weighted by molar-refractivity contribution is 7.98. The number of amides is 1. The van der Waals surface area contributed by atoms with Gasteiger partial charge in [0.15, 0.2) is 4.80 Å². The number of sulfonamides is 1. The molecule has 1 fully saturated rings. The van der Waals surface area contributed by atoms with E-state index in [0.717, 1.165) is 22.5 Å². The highest BCUT2D eigenvalue weighted by atomic mass is 32.2. The third kappa shape index (κ3) is 4.83. The molecule has 4 rings (SSSR count). The predicted octanol–water partition coefficient (Wildman–Crippen LogP) is 3.96. The van der Waals surface area contributed by atoms with Crippen LogP contribution in [-0.2, 0) is 21.4 Å². The molecule has 1 unspecified atom stereocenters. The lowest BCUT2D eigenvalue weighted by Crippen LogP contribution is -2.42. The Hall–Kier alpha value is -1.46. The van der Waals surface area contributed by atoms with E-state index in [-0.39, 0.29) is 12.5 Å². The monoisotopic (exact) mass is 495 g/mol. The molecule has 1 aliphatic heterocycles. The largest absolute Gasteiger partial charge is 0.316 e. The zero-order chi connectivity index (χ0) is 22.0. The summed E-state index contributed by atoms with van der Waals surface area (Å²) in [5, 5.41) is 1.76. The smallest absolute Gasteiger partial charge is 0.252 e. The molecule has 1 saturated heterocycles. The lowest BCUT2D eigenvalue weighted by atomic mass is 9.99. The third-order valence-corrected chi connectivity index (χ3v) is 10.3. The first kappa shape index (κ1) is 22.7. The average Bonchev–Trinajstić information content (AvgIpc) is 3.41. The SMILES string of the molecule is CSCCn1c(=NC(=O)C2CCCN(S(=O)(=O)c3cccs3)C2)sc2cc(C)ccc21. The highest BCUT2D eigenvalue weighted by Crippen LogP contribution is 2.27. The zero-order valence-corrected chi connectivity index (χ0v) is 20.7. The molecule has 1 atom stereocenters. The number of benzene rings is 1. The normalized spacial score (nSPS) is 18.6. The highest BCUT2D eigenvalue weighted by Gasteiger charge is 2.33. The van der Waals surface area contributed by atoms with Crippen molar-refractivity contribution in [2.75, 3.05) is 25.1 Å². The van der Waals surface area contributed by atoms with Gasteiger partial charge in [-0.25, -0.2) is 8.42 Å². The maximum atomic E-state index is 13.1. The molecular formula is C21H25N3O3S4. The van der Waals surface area contributed by atoms with Crippen molar-refractivity contribution in [1.82, 2.24) is 8.87 Å². The fourth-order valence-corrected chi connectivity index (χ4v) is 7.94. The van der Waals surface area contributed by atoms with Crippen LogP contribution in [0.5, 0.6) is 0 Å². The van der Waals surface area contributed by atoms with Gasteiger partial charge in [-0.1, -0.05) is 23.5 Å². The molecule has 6 nitrogen and oxygen atoms in total. The van der Waals surface area contributed by atoms with Gasteiger partial charge in [0.05, 0.1) is 16.1 Å². The molecule has 1 amide bonds. The fourth-order valence-electron chi connectivity index (χ4n) is 3.75. The van der Waals surface area contributed by atoms with Gasteiger partial charge < -0.3 is 4.57 Å². The minimum absolute atomic E-state index is 0.192. The van der Waals surface area contributed by atoms with Crippen LogP contribution in [0.25, 0.3) is 10.2 Å². The van der Waals surface area contributed by atoms with E-state index in [9.17, 15) is 13.2 Å². The number of rotatable bonds is 6. The number of thiophene rings is 1. The van der Waals surface area contributed by atoms with Crippen molar-refractivity contribution in [1.29, 1.82) is 0 Å². The van der Waals surface area contributed by atoms with Gasteiger partial charge in [0.1, 0.15) is 4.21 Å². The Morgan fingerprint density at radius 3 is 2.90 bits per heavy atom. The zero-order valence-electron chi connectivity index (χ0n) is 17.5. The second-order valence-corrected chi connectivity index (χ2v) is 12.7. The summed E-state index contributed by atoms with van der Waals surface area (Å²) in [6.45, 7) is 3.47. The standard InChI is InChI=1S/C21H25N3O3S4/c1-15-7-8-17-18(13-15)30-21(24(17)10-12-28-2)22-20(25)16-5-3-9-23(14-16)31(26,27)19-6-4-11-29-19/h4,6-8,11,13,16H,3,5,9-10,12,14H2,1-2H3. The molecule has 31 heavy (non-hydrogen) atoms. The molecule has 0 aliphatic carbocycles. The lowest BCUT2D eigenvalue weighted by molar-refractivity contribution is -0.122. The summed E-state index contributed by atoms with van der Waals surface area (Å²) in [4.78, 5) is 18.3. The van der Waals surface area contributed by atoms with Gasteiger partial charge in [0.2, 0.25) is 0 Å². The number of piperidine rings is 1. The van der Waals surface area contributed by atoms with Crippen molar-refractivity contribution < 1.29 is 13.2 Å². The topological polar surface area (TPSA) is 71.7 Å². The number of thiazole rings is 1. The van der Waals surface area contributed by atoms with Crippen LogP contribution in [0, 0.1) is 12.8 Å². The summed E-state index contributed by atoms with van der Waals surface area (Å²) < 4.78 is 30.8. The molecule has 10 heteroatoms. The number of hydrogen-bond acceptors (Lipinski definition) is 6. The molecule has 0 radical (unpaired) electrons. The van der Waals surface area contributed by atoms with Crippen LogP contribution in [0.15, 0.2) is 44.9 Å². The Morgan fingerprint density at radius 1 is 1.32 bits per heavy atom. The Labute approximate surface area is 194 Å². The van der Waals surface area contributed by atoms with Crippen molar-refractivity contribution in [2.45, 2.75) is 30.5 Å². The molecule has 0 N–H and O–H groups in total. The number of fused-ring (bicyclic) bond motifs is 1. The quantitative estimate of drug-likeness (QED) is 0.519. The Morgan fingerprint density at radius 2 is 2.16 bits per heavy atom. The number of carbonyl (C=O) groups is 1. The molecule has 0 saturated carbocycles. The molecule has 0 bridgehead atoms. The van der Waals surface area contributed by atoms with Gasteiger partial charge in [-0.15, -0.1) is 11.3 Å². The molecule has 2 aromatic heterocycles. The van der Waals surface area contributed by atoms with Gasteiger partial charge in [0.25, 0.3) is 15.9 Å². The first-order chi connectivity index (χ1) is 14.9. The van der Waals surface area contributed by atoms with Crippen molar-refractivity contribution in [2.24, 2.45) is 10.9 Å². The fraction of sp³-hybridized carbons (Fsp3) is 0.429.